The Balaban J connectivity index is 0.000000231. The van der Waals surface area contributed by atoms with Crippen LogP contribution in [0.4, 0.5) is 0 Å². The first kappa shape index (κ1) is 7.71. The van der Waals surface area contributed by atoms with Crippen LogP contribution in [0.15, 0.2) is 12.1 Å². The first-order valence-corrected chi connectivity index (χ1v) is 3.69. The van der Waals surface area contributed by atoms with Gasteiger partial charge in [-0.2, -0.15) is 0 Å². The fraction of sp³-hybridized carbons (Fsp3) is 0.250. The van der Waals surface area contributed by atoms with E-state index in [-0.39, 0.29) is 0 Å². The van der Waals surface area contributed by atoms with Gasteiger partial charge in [-0.3, -0.25) is 0 Å². The largest absolute Gasteiger partial charge is 0.380 e. The second-order valence-electron chi connectivity index (χ2n) is 2.41. The maximum absolute atomic E-state index is 6.92. The monoisotopic (exact) mass is 154 g/mol. The molecule has 0 amide bonds. The quantitative estimate of drug-likeness (QED) is 0.576. The third kappa shape index (κ3) is 0.783. The Morgan fingerprint density at radius 2 is 1.30 bits per heavy atom. The van der Waals surface area contributed by atoms with Crippen LogP contribution in [0.25, 0.3) is 11.1 Å². The van der Waals surface area contributed by atoms with Crippen LogP contribution >= 0.6 is 9.47 Å². The Hall–Kier alpha value is -0.390. The van der Waals surface area contributed by atoms with E-state index < -0.39 is 0 Å². The van der Waals surface area contributed by atoms with Crippen molar-refractivity contribution < 1.29 is 4.89 Å². The zero-order valence-corrected chi connectivity index (χ0v) is 7.33. The zero-order chi connectivity index (χ0) is 7.72. The lowest BCUT2D eigenvalue weighted by molar-refractivity contribution is 0.664. The molecule has 0 bridgehead atoms. The van der Waals surface area contributed by atoms with E-state index >= 15 is 0 Å². The second-order valence-corrected chi connectivity index (χ2v) is 2.41. The summed E-state index contributed by atoms with van der Waals surface area (Å²) < 4.78 is 0. The summed E-state index contributed by atoms with van der Waals surface area (Å²) in [5.74, 6) is 0. The first-order chi connectivity index (χ1) is 4.80. The number of hydrogen-bond donors (Lipinski definition) is 1. The van der Waals surface area contributed by atoms with E-state index in [9.17, 15) is 0 Å². The molecule has 1 unspecified atom stereocenters. The molecule has 1 nitrogen and oxygen atoms in total. The minimum Gasteiger partial charge on any atom is -0.380 e. The van der Waals surface area contributed by atoms with E-state index in [0.717, 1.165) is 0 Å². The molecular formula is C8H11OP. The molecule has 0 spiro atoms. The molecule has 0 saturated heterocycles. The first-order valence-electron chi connectivity index (χ1n) is 3.17. The molecule has 54 valence electrons. The van der Waals surface area contributed by atoms with Gasteiger partial charge in [-0.05, 0) is 45.6 Å². The summed E-state index contributed by atoms with van der Waals surface area (Å²) in [5, 5.41) is 0. The highest BCUT2D eigenvalue weighted by Crippen LogP contribution is 2.40. The maximum atomic E-state index is 6.92. The minimum absolute atomic E-state index is 1.42. The number of rotatable bonds is 0. The maximum Gasteiger partial charge on any atom is -0.00391 e. The van der Waals surface area contributed by atoms with Crippen LogP contribution in [-0.4, -0.2) is 4.89 Å². The molecule has 2 heteroatoms. The Morgan fingerprint density at radius 1 is 1.00 bits per heavy atom. The number of benzene rings is 1. The van der Waals surface area contributed by atoms with Gasteiger partial charge < -0.3 is 4.89 Å². The molecule has 1 N–H and O–H groups in total. The summed E-state index contributed by atoms with van der Waals surface area (Å²) in [6, 6.07) is 4.36. The van der Waals surface area contributed by atoms with Gasteiger partial charge in [0.2, 0.25) is 0 Å². The summed E-state index contributed by atoms with van der Waals surface area (Å²) in [4.78, 5) is 6.92. The minimum atomic E-state index is 1.42. The standard InChI is InChI=1S/C8H8.H3OP/c1-5-6(2)8-4-3-7(5)8;1-2/h3-4H,1-2H3;1H,2H2. The van der Waals surface area contributed by atoms with E-state index in [4.69, 9.17) is 4.89 Å². The Kier molecular flexibility index (Phi) is 2.08. The van der Waals surface area contributed by atoms with Gasteiger partial charge in [-0.25, -0.2) is 0 Å². The zero-order valence-electron chi connectivity index (χ0n) is 6.18. The van der Waals surface area contributed by atoms with Gasteiger partial charge in [0.25, 0.3) is 0 Å². The fourth-order valence-electron chi connectivity index (χ4n) is 1.25. The molecule has 0 aromatic heterocycles. The van der Waals surface area contributed by atoms with Crippen molar-refractivity contribution in [2.45, 2.75) is 13.8 Å². The van der Waals surface area contributed by atoms with Crippen molar-refractivity contribution in [1.82, 2.24) is 0 Å². The lowest BCUT2D eigenvalue weighted by atomic mass is 9.81. The van der Waals surface area contributed by atoms with Crippen molar-refractivity contribution in [1.29, 1.82) is 0 Å². The SMILES string of the molecule is Cc1c2ccc-2c1C.OP. The van der Waals surface area contributed by atoms with E-state index in [1.165, 1.54) is 31.7 Å². The van der Waals surface area contributed by atoms with Gasteiger partial charge in [0.1, 0.15) is 0 Å². The molecule has 2 rings (SSSR count). The van der Waals surface area contributed by atoms with Crippen LogP contribution in [-0.2, 0) is 0 Å². The Labute approximate surface area is 63.4 Å². The molecule has 0 aromatic carbocycles. The lowest BCUT2D eigenvalue weighted by Crippen LogP contribution is -2.01. The topological polar surface area (TPSA) is 20.2 Å². The molecule has 0 aromatic rings. The highest BCUT2D eigenvalue weighted by Gasteiger charge is 2.17. The third-order valence-electron chi connectivity index (χ3n) is 2.08. The Bertz CT molecular complexity index is 229. The van der Waals surface area contributed by atoms with Crippen LogP contribution in [0, 0.1) is 13.8 Å². The molecule has 2 aliphatic rings. The van der Waals surface area contributed by atoms with Crippen LogP contribution in [0.1, 0.15) is 11.1 Å². The predicted molar refractivity (Wildman–Crippen MR) is 46.8 cm³/mol. The van der Waals surface area contributed by atoms with Crippen LogP contribution in [0.2, 0.25) is 0 Å². The Morgan fingerprint density at radius 3 is 1.40 bits per heavy atom. The van der Waals surface area contributed by atoms with Crippen LogP contribution < -0.4 is 0 Å². The molecule has 2 aliphatic carbocycles. The molecule has 0 heterocycles. The van der Waals surface area contributed by atoms with E-state index in [1.807, 2.05) is 0 Å². The van der Waals surface area contributed by atoms with Crippen LogP contribution in [0.5, 0.6) is 0 Å². The van der Waals surface area contributed by atoms with Gasteiger partial charge in [0.15, 0.2) is 0 Å². The molecule has 0 fully saturated rings. The predicted octanol–water partition coefficient (Wildman–Crippen LogP) is 2.05. The molecule has 0 aliphatic heterocycles. The number of hydrogen-bond acceptors (Lipinski definition) is 1. The van der Waals surface area contributed by atoms with Gasteiger partial charge in [0.05, 0.1) is 0 Å². The van der Waals surface area contributed by atoms with Crippen molar-refractivity contribution in [3.8, 4) is 11.1 Å². The van der Waals surface area contributed by atoms with Crippen molar-refractivity contribution >= 4 is 9.47 Å². The van der Waals surface area contributed by atoms with E-state index in [2.05, 4.69) is 26.0 Å². The second kappa shape index (κ2) is 2.69. The van der Waals surface area contributed by atoms with Crippen LogP contribution in [0.3, 0.4) is 0 Å². The van der Waals surface area contributed by atoms with Gasteiger partial charge in [-0.15, -0.1) is 0 Å². The molecule has 1 atom stereocenters. The number of fused-ring (bicyclic) bond motifs is 1. The lowest BCUT2D eigenvalue weighted by Gasteiger charge is -2.23. The van der Waals surface area contributed by atoms with Crippen molar-refractivity contribution in [2.24, 2.45) is 0 Å². The molecule has 0 radical (unpaired) electrons. The molecule has 10 heavy (non-hydrogen) atoms. The summed E-state index contributed by atoms with van der Waals surface area (Å²) in [5.41, 5.74) is 5.95. The average molecular weight is 154 g/mol. The van der Waals surface area contributed by atoms with Crippen molar-refractivity contribution in [2.75, 3.05) is 0 Å². The van der Waals surface area contributed by atoms with E-state index in [0.29, 0.717) is 0 Å². The normalized spacial score (nSPS) is 10.0. The molecular weight excluding hydrogens is 143 g/mol. The molecule has 0 saturated carbocycles. The highest BCUT2D eigenvalue weighted by molar-refractivity contribution is 7.08. The average Bonchev–Trinajstić information content (AvgIpc) is 1.91. The summed E-state index contributed by atoms with van der Waals surface area (Å²) in [7, 11) is 1.42. The summed E-state index contributed by atoms with van der Waals surface area (Å²) in [6.07, 6.45) is 0. The third-order valence-corrected chi connectivity index (χ3v) is 2.08. The summed E-state index contributed by atoms with van der Waals surface area (Å²) in [6.45, 7) is 4.36. The van der Waals surface area contributed by atoms with E-state index in [1.54, 1.807) is 0 Å². The fourth-order valence-corrected chi connectivity index (χ4v) is 1.25. The van der Waals surface area contributed by atoms with Gasteiger partial charge in [0, 0.05) is 0 Å². The smallest absolute Gasteiger partial charge is 0.00391 e. The van der Waals surface area contributed by atoms with Crippen molar-refractivity contribution in [3.63, 3.8) is 0 Å². The van der Waals surface area contributed by atoms with Gasteiger partial charge >= 0.3 is 0 Å². The summed E-state index contributed by atoms with van der Waals surface area (Å²) >= 11 is 0. The highest BCUT2D eigenvalue weighted by atomic mass is 31.0. The van der Waals surface area contributed by atoms with Crippen molar-refractivity contribution in [3.05, 3.63) is 23.3 Å². The van der Waals surface area contributed by atoms with Gasteiger partial charge in [-0.1, -0.05) is 12.1 Å².